The number of benzene rings is 1. The summed E-state index contributed by atoms with van der Waals surface area (Å²) in [6, 6.07) is 5.97. The Bertz CT molecular complexity index is 443. The predicted molar refractivity (Wildman–Crippen MR) is 73.0 cm³/mol. The molecule has 1 amide bonds. The van der Waals surface area contributed by atoms with Crippen molar-refractivity contribution in [3.8, 4) is 11.5 Å². The van der Waals surface area contributed by atoms with E-state index in [1.165, 1.54) is 0 Å². The summed E-state index contributed by atoms with van der Waals surface area (Å²) in [4.78, 5) is 22.3. The lowest BCUT2D eigenvalue weighted by atomic mass is 10.2. The molecule has 0 radical (unpaired) electrons. The number of carboxylic acid groups (broad SMARTS) is 1. The van der Waals surface area contributed by atoms with Crippen LogP contribution in [-0.2, 0) is 9.59 Å². The molecule has 6 heteroatoms. The number of rotatable bonds is 8. The lowest BCUT2D eigenvalue weighted by Crippen LogP contribution is -2.42. The van der Waals surface area contributed by atoms with Gasteiger partial charge >= 0.3 is 5.97 Å². The fourth-order valence-electron chi connectivity index (χ4n) is 1.52. The van der Waals surface area contributed by atoms with Crippen LogP contribution in [0, 0.1) is 0 Å². The first-order valence-corrected chi connectivity index (χ1v) is 6.44. The lowest BCUT2D eigenvalue weighted by Gasteiger charge is -2.12. The molecule has 0 aliphatic heterocycles. The van der Waals surface area contributed by atoms with Crippen LogP contribution in [0.1, 0.15) is 20.3 Å². The summed E-state index contributed by atoms with van der Waals surface area (Å²) in [7, 11) is 0. The molecule has 0 saturated heterocycles. The summed E-state index contributed by atoms with van der Waals surface area (Å²) in [6.45, 7) is 3.93. The first-order chi connectivity index (χ1) is 9.56. The topological polar surface area (TPSA) is 84.9 Å². The van der Waals surface area contributed by atoms with Crippen LogP contribution in [0.2, 0.25) is 0 Å². The minimum Gasteiger partial charge on any atom is -0.494 e. The highest BCUT2D eigenvalue weighted by molar-refractivity contribution is 5.84. The molecule has 0 fully saturated rings. The van der Waals surface area contributed by atoms with E-state index in [1.807, 2.05) is 6.92 Å². The molecule has 20 heavy (non-hydrogen) atoms. The normalized spacial score (nSPS) is 11.5. The summed E-state index contributed by atoms with van der Waals surface area (Å²) in [5, 5.41) is 11.2. The van der Waals surface area contributed by atoms with E-state index in [4.69, 9.17) is 14.6 Å². The number of hydrogen-bond acceptors (Lipinski definition) is 4. The van der Waals surface area contributed by atoms with E-state index in [2.05, 4.69) is 5.32 Å². The maximum atomic E-state index is 11.5. The van der Waals surface area contributed by atoms with E-state index < -0.39 is 17.9 Å². The Morgan fingerprint density at radius 1 is 1.15 bits per heavy atom. The number of hydrogen-bond donors (Lipinski definition) is 2. The third-order valence-corrected chi connectivity index (χ3v) is 2.55. The number of ether oxygens (including phenoxy) is 2. The van der Waals surface area contributed by atoms with Gasteiger partial charge in [0.1, 0.15) is 17.5 Å². The third-order valence-electron chi connectivity index (χ3n) is 2.55. The number of amides is 1. The van der Waals surface area contributed by atoms with Crippen molar-refractivity contribution >= 4 is 11.9 Å². The highest BCUT2D eigenvalue weighted by Gasteiger charge is 2.17. The van der Waals surface area contributed by atoms with Gasteiger partial charge in [-0.1, -0.05) is 6.92 Å². The molecule has 110 valence electrons. The van der Waals surface area contributed by atoms with E-state index >= 15 is 0 Å². The Morgan fingerprint density at radius 2 is 1.70 bits per heavy atom. The highest BCUT2D eigenvalue weighted by Crippen LogP contribution is 2.17. The molecule has 0 aromatic heterocycles. The van der Waals surface area contributed by atoms with E-state index in [9.17, 15) is 9.59 Å². The molecule has 0 heterocycles. The second-order valence-electron chi connectivity index (χ2n) is 4.06. The minimum atomic E-state index is -1.05. The molecule has 1 rings (SSSR count). The lowest BCUT2D eigenvalue weighted by molar-refractivity contribution is -0.142. The maximum Gasteiger partial charge on any atom is 0.326 e. The quantitative estimate of drug-likeness (QED) is 0.753. The van der Waals surface area contributed by atoms with E-state index in [0.29, 0.717) is 18.8 Å². The van der Waals surface area contributed by atoms with Crippen molar-refractivity contribution in [2.24, 2.45) is 0 Å². The van der Waals surface area contributed by atoms with Crippen molar-refractivity contribution in [3.05, 3.63) is 24.3 Å². The van der Waals surface area contributed by atoms with Crippen molar-refractivity contribution in [1.29, 1.82) is 0 Å². The molecule has 2 N–H and O–H groups in total. The van der Waals surface area contributed by atoms with Gasteiger partial charge in [-0.05, 0) is 37.6 Å². The fraction of sp³-hybridized carbons (Fsp3) is 0.429. The van der Waals surface area contributed by atoms with Gasteiger partial charge in [-0.3, -0.25) is 4.79 Å². The average Bonchev–Trinajstić information content (AvgIpc) is 2.44. The van der Waals surface area contributed by atoms with Crippen LogP contribution in [0.5, 0.6) is 11.5 Å². The van der Waals surface area contributed by atoms with Crippen LogP contribution in [0.25, 0.3) is 0 Å². The Balaban J connectivity index is 2.42. The molecule has 1 aromatic rings. The van der Waals surface area contributed by atoms with Gasteiger partial charge in [-0.2, -0.15) is 0 Å². The summed E-state index contributed by atoms with van der Waals surface area (Å²) in [6.07, 6.45) is 0.324. The standard InChI is InChI=1S/C14H19NO5/c1-3-12(14(17)18)15-13(16)9-20-11-7-5-10(6-8-11)19-4-2/h5-8,12H,3-4,9H2,1-2H3,(H,15,16)(H,17,18)/t12-/m1/s1. The molecule has 0 saturated carbocycles. The second-order valence-corrected chi connectivity index (χ2v) is 4.06. The smallest absolute Gasteiger partial charge is 0.326 e. The maximum absolute atomic E-state index is 11.5. The van der Waals surface area contributed by atoms with Crippen molar-refractivity contribution < 1.29 is 24.2 Å². The van der Waals surface area contributed by atoms with Gasteiger partial charge in [0.25, 0.3) is 5.91 Å². The molecular formula is C14H19NO5. The first-order valence-electron chi connectivity index (χ1n) is 6.44. The average molecular weight is 281 g/mol. The molecule has 0 aliphatic carbocycles. The number of aliphatic carboxylic acids is 1. The minimum absolute atomic E-state index is 0.224. The van der Waals surface area contributed by atoms with Crippen molar-refractivity contribution in [1.82, 2.24) is 5.32 Å². The molecule has 0 spiro atoms. The summed E-state index contributed by atoms with van der Waals surface area (Å²) in [5.74, 6) is -0.275. The molecule has 1 aromatic carbocycles. The van der Waals surface area contributed by atoms with Crippen LogP contribution >= 0.6 is 0 Å². The predicted octanol–water partition coefficient (Wildman–Crippen LogP) is 1.44. The number of carbonyl (C=O) groups is 2. The van der Waals surface area contributed by atoms with Crippen LogP contribution in [0.4, 0.5) is 0 Å². The Kier molecular flexibility index (Phi) is 6.36. The van der Waals surface area contributed by atoms with Gasteiger partial charge in [-0.25, -0.2) is 4.79 Å². The highest BCUT2D eigenvalue weighted by atomic mass is 16.5. The van der Waals surface area contributed by atoms with Crippen LogP contribution < -0.4 is 14.8 Å². The van der Waals surface area contributed by atoms with Crippen molar-refractivity contribution in [3.63, 3.8) is 0 Å². The number of carbonyl (C=O) groups excluding carboxylic acids is 1. The molecule has 0 aliphatic rings. The number of carboxylic acids is 1. The van der Waals surface area contributed by atoms with Gasteiger partial charge in [-0.15, -0.1) is 0 Å². The second kappa shape index (κ2) is 8.04. The molecule has 6 nitrogen and oxygen atoms in total. The largest absolute Gasteiger partial charge is 0.494 e. The first kappa shape index (κ1) is 15.8. The zero-order valence-electron chi connectivity index (χ0n) is 11.6. The summed E-state index contributed by atoms with van der Waals surface area (Å²) < 4.78 is 10.5. The van der Waals surface area contributed by atoms with Gasteiger partial charge < -0.3 is 19.9 Å². The van der Waals surface area contributed by atoms with E-state index in [-0.39, 0.29) is 6.61 Å². The van der Waals surface area contributed by atoms with Crippen molar-refractivity contribution in [2.45, 2.75) is 26.3 Å². The number of nitrogens with one attached hydrogen (secondary N) is 1. The molecular weight excluding hydrogens is 262 g/mol. The summed E-state index contributed by atoms with van der Waals surface area (Å²) >= 11 is 0. The zero-order chi connectivity index (χ0) is 15.0. The molecule has 0 unspecified atom stereocenters. The molecule has 0 bridgehead atoms. The van der Waals surface area contributed by atoms with E-state index in [0.717, 1.165) is 5.75 Å². The fourth-order valence-corrected chi connectivity index (χ4v) is 1.52. The van der Waals surface area contributed by atoms with Crippen LogP contribution in [0.3, 0.4) is 0 Å². The van der Waals surface area contributed by atoms with Gasteiger partial charge in [0, 0.05) is 0 Å². The monoisotopic (exact) mass is 281 g/mol. The van der Waals surface area contributed by atoms with Crippen LogP contribution in [-0.4, -0.2) is 36.2 Å². The van der Waals surface area contributed by atoms with Crippen molar-refractivity contribution in [2.75, 3.05) is 13.2 Å². The van der Waals surface area contributed by atoms with Gasteiger partial charge in [0.15, 0.2) is 6.61 Å². The van der Waals surface area contributed by atoms with Gasteiger partial charge in [0.05, 0.1) is 6.61 Å². The summed E-state index contributed by atoms with van der Waals surface area (Å²) in [5.41, 5.74) is 0. The Hall–Kier alpha value is -2.24. The Morgan fingerprint density at radius 3 is 2.15 bits per heavy atom. The third kappa shape index (κ3) is 5.17. The Labute approximate surface area is 117 Å². The SMILES string of the molecule is CCOc1ccc(OCC(=O)N[C@H](CC)C(=O)O)cc1. The zero-order valence-corrected chi connectivity index (χ0v) is 11.6. The molecule has 1 atom stereocenters. The van der Waals surface area contributed by atoms with Gasteiger partial charge in [0.2, 0.25) is 0 Å². The van der Waals surface area contributed by atoms with E-state index in [1.54, 1.807) is 31.2 Å². The van der Waals surface area contributed by atoms with Crippen LogP contribution in [0.15, 0.2) is 24.3 Å².